The molecule has 23 heavy (non-hydrogen) atoms. The summed E-state index contributed by atoms with van der Waals surface area (Å²) in [5.41, 5.74) is 0.802. The van der Waals surface area contributed by atoms with Crippen molar-refractivity contribution in [2.75, 3.05) is 20.1 Å². The minimum absolute atomic E-state index is 0. The van der Waals surface area contributed by atoms with E-state index >= 15 is 0 Å². The van der Waals surface area contributed by atoms with Crippen LogP contribution in [-0.2, 0) is 0 Å². The summed E-state index contributed by atoms with van der Waals surface area (Å²) >= 11 is 6.18. The summed E-state index contributed by atoms with van der Waals surface area (Å²) in [5.74, 6) is 0.951. The van der Waals surface area contributed by atoms with Crippen LogP contribution in [-0.4, -0.2) is 37.0 Å². The standard InChI is InChI=1S/C17H19ClN2O2.ClH/c1-19-11-12-5-4-10-20(12)17(21)16-9-8-15(22-16)13-6-2-3-7-14(13)18;/h2-3,6-9,12,19H,4-5,10-11H2,1H3;1H. The molecule has 1 aliphatic heterocycles. The first kappa shape index (κ1) is 17.9. The molecule has 0 bridgehead atoms. The van der Waals surface area contributed by atoms with Gasteiger partial charge < -0.3 is 14.6 Å². The van der Waals surface area contributed by atoms with Crippen molar-refractivity contribution in [1.29, 1.82) is 0 Å². The van der Waals surface area contributed by atoms with Crippen LogP contribution in [0.1, 0.15) is 23.4 Å². The minimum atomic E-state index is -0.0453. The van der Waals surface area contributed by atoms with Gasteiger partial charge in [0.15, 0.2) is 5.76 Å². The van der Waals surface area contributed by atoms with E-state index in [2.05, 4.69) is 5.32 Å². The molecule has 1 unspecified atom stereocenters. The van der Waals surface area contributed by atoms with Gasteiger partial charge in [-0.2, -0.15) is 0 Å². The van der Waals surface area contributed by atoms with E-state index in [1.807, 2.05) is 36.2 Å². The Morgan fingerprint density at radius 3 is 2.87 bits per heavy atom. The fourth-order valence-corrected chi connectivity index (χ4v) is 3.18. The summed E-state index contributed by atoms with van der Waals surface area (Å²) in [6, 6.07) is 11.2. The van der Waals surface area contributed by atoms with Crippen molar-refractivity contribution in [2.24, 2.45) is 0 Å². The van der Waals surface area contributed by atoms with Crippen molar-refractivity contribution in [2.45, 2.75) is 18.9 Å². The smallest absolute Gasteiger partial charge is 0.289 e. The van der Waals surface area contributed by atoms with Crippen LogP contribution in [0.4, 0.5) is 0 Å². The number of hydrogen-bond donors (Lipinski definition) is 1. The Morgan fingerprint density at radius 2 is 2.13 bits per heavy atom. The second-order valence-electron chi connectivity index (χ2n) is 5.50. The lowest BCUT2D eigenvalue weighted by Gasteiger charge is -2.23. The summed E-state index contributed by atoms with van der Waals surface area (Å²) in [4.78, 5) is 14.5. The van der Waals surface area contributed by atoms with Crippen LogP contribution in [0.2, 0.25) is 5.02 Å². The molecule has 0 radical (unpaired) electrons. The zero-order valence-electron chi connectivity index (χ0n) is 12.9. The molecule has 2 heterocycles. The van der Waals surface area contributed by atoms with Crippen molar-refractivity contribution in [3.05, 3.63) is 47.2 Å². The van der Waals surface area contributed by atoms with Crippen molar-refractivity contribution < 1.29 is 9.21 Å². The second-order valence-corrected chi connectivity index (χ2v) is 5.90. The van der Waals surface area contributed by atoms with Crippen molar-refractivity contribution in [1.82, 2.24) is 10.2 Å². The number of likely N-dealkylation sites (tertiary alicyclic amines) is 1. The number of nitrogens with zero attached hydrogens (tertiary/aromatic N) is 1. The second kappa shape index (κ2) is 7.86. The minimum Gasteiger partial charge on any atom is -0.451 e. The molecule has 1 N–H and O–H groups in total. The molecule has 1 atom stereocenters. The lowest BCUT2D eigenvalue weighted by molar-refractivity contribution is 0.0705. The number of carbonyl (C=O) groups excluding carboxylic acids is 1. The molecule has 4 nitrogen and oxygen atoms in total. The van der Waals surface area contributed by atoms with Gasteiger partial charge in [0.2, 0.25) is 0 Å². The molecular formula is C17H20Cl2N2O2. The number of hydrogen-bond acceptors (Lipinski definition) is 3. The molecule has 124 valence electrons. The van der Waals surface area contributed by atoms with E-state index < -0.39 is 0 Å². The summed E-state index contributed by atoms with van der Waals surface area (Å²) < 4.78 is 5.76. The number of amides is 1. The van der Waals surface area contributed by atoms with E-state index in [1.54, 1.807) is 12.1 Å². The molecule has 1 aromatic carbocycles. The lowest BCUT2D eigenvalue weighted by Crippen LogP contribution is -2.40. The van der Waals surface area contributed by atoms with Crippen LogP contribution in [0.15, 0.2) is 40.8 Å². The fourth-order valence-electron chi connectivity index (χ4n) is 2.95. The van der Waals surface area contributed by atoms with Gasteiger partial charge in [-0.25, -0.2) is 0 Å². The molecule has 1 amide bonds. The third-order valence-electron chi connectivity index (χ3n) is 4.03. The van der Waals surface area contributed by atoms with E-state index in [-0.39, 0.29) is 24.4 Å². The first-order chi connectivity index (χ1) is 10.7. The van der Waals surface area contributed by atoms with Gasteiger partial charge in [0, 0.05) is 24.7 Å². The Hall–Kier alpha value is -1.49. The molecule has 1 aliphatic rings. The molecule has 0 aliphatic carbocycles. The monoisotopic (exact) mass is 354 g/mol. The highest BCUT2D eigenvalue weighted by Crippen LogP contribution is 2.30. The zero-order valence-corrected chi connectivity index (χ0v) is 14.5. The van der Waals surface area contributed by atoms with Gasteiger partial charge in [0.1, 0.15) is 5.76 Å². The molecule has 0 spiro atoms. The Kier molecular flexibility index (Phi) is 6.10. The first-order valence-electron chi connectivity index (χ1n) is 7.51. The SMILES string of the molecule is CNCC1CCCN1C(=O)c1ccc(-c2ccccc2Cl)o1.Cl. The van der Waals surface area contributed by atoms with E-state index in [0.29, 0.717) is 16.5 Å². The van der Waals surface area contributed by atoms with Gasteiger partial charge in [0.05, 0.1) is 5.02 Å². The Bertz CT molecular complexity index is 672. The number of carbonyl (C=O) groups is 1. The van der Waals surface area contributed by atoms with Gasteiger partial charge in [-0.3, -0.25) is 4.79 Å². The van der Waals surface area contributed by atoms with E-state index in [0.717, 1.165) is 31.5 Å². The Morgan fingerprint density at radius 1 is 1.35 bits per heavy atom. The number of halogens is 2. The van der Waals surface area contributed by atoms with Gasteiger partial charge in [-0.05, 0) is 44.2 Å². The van der Waals surface area contributed by atoms with Gasteiger partial charge in [0.25, 0.3) is 5.91 Å². The van der Waals surface area contributed by atoms with Crippen molar-refractivity contribution >= 4 is 29.9 Å². The average Bonchev–Trinajstić information content (AvgIpc) is 3.17. The third kappa shape index (κ3) is 3.71. The fraction of sp³-hybridized carbons (Fsp3) is 0.353. The van der Waals surface area contributed by atoms with E-state index in [1.165, 1.54) is 0 Å². The molecule has 1 aromatic heterocycles. The maximum absolute atomic E-state index is 12.6. The Balaban J connectivity index is 0.00000192. The molecule has 3 rings (SSSR count). The molecular weight excluding hydrogens is 335 g/mol. The van der Waals surface area contributed by atoms with Crippen LogP contribution < -0.4 is 5.32 Å². The van der Waals surface area contributed by atoms with Gasteiger partial charge >= 0.3 is 0 Å². The quantitative estimate of drug-likeness (QED) is 0.906. The zero-order chi connectivity index (χ0) is 15.5. The number of benzene rings is 1. The summed E-state index contributed by atoms with van der Waals surface area (Å²) in [6.45, 7) is 1.59. The number of furan rings is 1. The molecule has 1 saturated heterocycles. The normalized spacial score (nSPS) is 17.1. The highest BCUT2D eigenvalue weighted by atomic mass is 35.5. The predicted molar refractivity (Wildman–Crippen MR) is 94.4 cm³/mol. The highest BCUT2D eigenvalue weighted by Gasteiger charge is 2.30. The van der Waals surface area contributed by atoms with Gasteiger partial charge in [-0.1, -0.05) is 23.7 Å². The van der Waals surface area contributed by atoms with Crippen LogP contribution in [0.5, 0.6) is 0 Å². The maximum atomic E-state index is 12.6. The topological polar surface area (TPSA) is 45.5 Å². The predicted octanol–water partition coefficient (Wildman–Crippen LogP) is 3.85. The molecule has 2 aromatic rings. The summed E-state index contributed by atoms with van der Waals surface area (Å²) in [7, 11) is 1.91. The molecule has 1 fully saturated rings. The largest absolute Gasteiger partial charge is 0.451 e. The van der Waals surface area contributed by atoms with Gasteiger partial charge in [-0.15, -0.1) is 12.4 Å². The average molecular weight is 355 g/mol. The molecule has 0 saturated carbocycles. The molecule has 6 heteroatoms. The summed E-state index contributed by atoms with van der Waals surface area (Å²) in [5, 5.41) is 3.76. The van der Waals surface area contributed by atoms with Crippen LogP contribution in [0.25, 0.3) is 11.3 Å². The van der Waals surface area contributed by atoms with E-state index in [4.69, 9.17) is 16.0 Å². The first-order valence-corrected chi connectivity index (χ1v) is 7.89. The lowest BCUT2D eigenvalue weighted by atomic mass is 10.2. The van der Waals surface area contributed by atoms with Crippen molar-refractivity contribution in [3.63, 3.8) is 0 Å². The number of rotatable bonds is 4. The highest BCUT2D eigenvalue weighted by molar-refractivity contribution is 6.33. The van der Waals surface area contributed by atoms with E-state index in [9.17, 15) is 4.79 Å². The van der Waals surface area contributed by atoms with Crippen molar-refractivity contribution in [3.8, 4) is 11.3 Å². The van der Waals surface area contributed by atoms with Crippen LogP contribution >= 0.6 is 24.0 Å². The van der Waals surface area contributed by atoms with Crippen LogP contribution in [0, 0.1) is 0 Å². The maximum Gasteiger partial charge on any atom is 0.289 e. The summed E-state index contributed by atoms with van der Waals surface area (Å²) in [6.07, 6.45) is 2.07. The van der Waals surface area contributed by atoms with Crippen LogP contribution in [0.3, 0.4) is 0 Å². The number of likely N-dealkylation sites (N-methyl/N-ethyl adjacent to an activating group) is 1. The third-order valence-corrected chi connectivity index (χ3v) is 4.36. The Labute approximate surface area is 147 Å². The number of nitrogens with one attached hydrogen (secondary N) is 1.